The lowest BCUT2D eigenvalue weighted by molar-refractivity contribution is 0.638. The number of halogens is 1. The van der Waals surface area contributed by atoms with Gasteiger partial charge in [-0.15, -0.1) is 0 Å². The fraction of sp³-hybridized carbons (Fsp3) is 0. The molecule has 7 heteroatoms. The van der Waals surface area contributed by atoms with E-state index in [9.17, 15) is 19.7 Å². The van der Waals surface area contributed by atoms with E-state index in [1.807, 2.05) is 6.07 Å². The van der Waals surface area contributed by atoms with Crippen molar-refractivity contribution >= 4 is 16.7 Å². The fourth-order valence-corrected chi connectivity index (χ4v) is 2.40. The van der Waals surface area contributed by atoms with Crippen LogP contribution in [-0.2, 0) is 0 Å². The lowest BCUT2D eigenvalue weighted by Gasteiger charge is -2.09. The van der Waals surface area contributed by atoms with Gasteiger partial charge in [0.25, 0.3) is 5.56 Å². The highest BCUT2D eigenvalue weighted by Crippen LogP contribution is 2.31. The largest absolute Gasteiger partial charge is 0.384 e. The molecule has 0 unspecified atom stereocenters. The van der Waals surface area contributed by atoms with E-state index < -0.39 is 11.4 Å². The minimum Gasteiger partial charge on any atom is -0.384 e. The van der Waals surface area contributed by atoms with Crippen molar-refractivity contribution in [2.24, 2.45) is 0 Å². The van der Waals surface area contributed by atoms with Crippen molar-refractivity contribution in [1.82, 2.24) is 9.97 Å². The highest BCUT2D eigenvalue weighted by Gasteiger charge is 2.19. The predicted octanol–water partition coefficient (Wildman–Crippen LogP) is 1.99. The normalized spacial score (nSPS) is 10.3. The summed E-state index contributed by atoms with van der Waals surface area (Å²) in [5, 5.41) is 19.0. The summed E-state index contributed by atoms with van der Waals surface area (Å²) >= 11 is 0. The molecule has 0 aliphatic rings. The topological polar surface area (TPSA) is 122 Å². The number of nitriles is 2. The summed E-state index contributed by atoms with van der Waals surface area (Å²) in [5.41, 5.74) is 5.16. The molecule has 6 nitrogen and oxygen atoms in total. The molecule has 0 bridgehead atoms. The van der Waals surface area contributed by atoms with Crippen molar-refractivity contribution in [1.29, 1.82) is 10.5 Å². The number of H-pyrrole nitrogens is 2. The van der Waals surface area contributed by atoms with E-state index in [1.165, 1.54) is 0 Å². The predicted molar refractivity (Wildman–Crippen MR) is 78.2 cm³/mol. The third kappa shape index (κ3) is 1.81. The van der Waals surface area contributed by atoms with Crippen LogP contribution < -0.4 is 11.3 Å². The van der Waals surface area contributed by atoms with Crippen LogP contribution in [-0.4, -0.2) is 9.97 Å². The molecule has 0 radical (unpaired) electrons. The van der Waals surface area contributed by atoms with Crippen LogP contribution in [0.15, 0.2) is 29.2 Å². The number of anilines is 1. The molecular formula is C15H8FN5O. The van der Waals surface area contributed by atoms with E-state index in [0.717, 1.165) is 6.07 Å². The molecule has 0 spiro atoms. The van der Waals surface area contributed by atoms with Crippen LogP contribution in [0.2, 0.25) is 0 Å². The van der Waals surface area contributed by atoms with E-state index in [4.69, 9.17) is 5.73 Å². The molecule has 0 aliphatic heterocycles. The Morgan fingerprint density at radius 2 is 1.91 bits per heavy atom. The van der Waals surface area contributed by atoms with Gasteiger partial charge in [0.2, 0.25) is 0 Å². The molecule has 106 valence electrons. The number of nitrogens with two attached hydrogens (primary N) is 1. The molecule has 22 heavy (non-hydrogen) atoms. The van der Waals surface area contributed by atoms with Gasteiger partial charge in [0, 0.05) is 17.1 Å². The quantitative estimate of drug-likeness (QED) is 0.634. The minimum atomic E-state index is -0.719. The van der Waals surface area contributed by atoms with Crippen molar-refractivity contribution in [3.63, 3.8) is 0 Å². The van der Waals surface area contributed by atoms with Crippen molar-refractivity contribution in [2.45, 2.75) is 0 Å². The van der Waals surface area contributed by atoms with Crippen LogP contribution >= 0.6 is 0 Å². The van der Waals surface area contributed by atoms with E-state index in [1.54, 1.807) is 24.4 Å². The molecule has 0 saturated heterocycles. The van der Waals surface area contributed by atoms with Gasteiger partial charge in [0.15, 0.2) is 0 Å². The first kappa shape index (κ1) is 13.4. The van der Waals surface area contributed by atoms with E-state index in [2.05, 4.69) is 9.97 Å². The number of pyridine rings is 1. The van der Waals surface area contributed by atoms with E-state index in [0.29, 0.717) is 10.9 Å². The van der Waals surface area contributed by atoms with Gasteiger partial charge in [0.05, 0.1) is 5.52 Å². The first-order chi connectivity index (χ1) is 10.6. The minimum absolute atomic E-state index is 0.0354. The van der Waals surface area contributed by atoms with Crippen LogP contribution in [0.25, 0.3) is 22.0 Å². The van der Waals surface area contributed by atoms with E-state index in [-0.39, 0.29) is 28.1 Å². The molecule has 0 fully saturated rings. The number of aromatic amines is 2. The van der Waals surface area contributed by atoms with Gasteiger partial charge in [-0.25, -0.2) is 4.39 Å². The highest BCUT2D eigenvalue weighted by molar-refractivity contribution is 5.89. The summed E-state index contributed by atoms with van der Waals surface area (Å²) in [6.45, 7) is 0. The van der Waals surface area contributed by atoms with Crippen molar-refractivity contribution in [3.05, 3.63) is 51.7 Å². The fourth-order valence-electron chi connectivity index (χ4n) is 2.40. The van der Waals surface area contributed by atoms with Gasteiger partial charge in [-0.2, -0.15) is 10.5 Å². The molecule has 2 heterocycles. The zero-order chi connectivity index (χ0) is 15.9. The Morgan fingerprint density at radius 1 is 1.18 bits per heavy atom. The molecule has 3 aromatic rings. The molecule has 2 aromatic heterocycles. The van der Waals surface area contributed by atoms with Crippen LogP contribution in [0.4, 0.5) is 10.2 Å². The number of nitrogens with one attached hydrogen (secondary N) is 2. The maximum atomic E-state index is 14.1. The van der Waals surface area contributed by atoms with Crippen LogP contribution in [0.3, 0.4) is 0 Å². The van der Waals surface area contributed by atoms with Gasteiger partial charge in [-0.1, -0.05) is 0 Å². The average Bonchev–Trinajstić information content (AvgIpc) is 2.95. The van der Waals surface area contributed by atoms with Crippen molar-refractivity contribution in [2.75, 3.05) is 5.73 Å². The first-order valence-corrected chi connectivity index (χ1v) is 6.19. The average molecular weight is 293 g/mol. The Labute approximate surface area is 123 Å². The van der Waals surface area contributed by atoms with Crippen molar-refractivity contribution in [3.8, 4) is 23.3 Å². The van der Waals surface area contributed by atoms with Gasteiger partial charge >= 0.3 is 0 Å². The van der Waals surface area contributed by atoms with Gasteiger partial charge < -0.3 is 15.7 Å². The highest BCUT2D eigenvalue weighted by atomic mass is 19.1. The number of rotatable bonds is 1. The lowest BCUT2D eigenvalue weighted by Crippen LogP contribution is -2.16. The SMILES string of the molecule is N#Cc1c(N)[nH]c(=O)c(C#N)c1-c1cc(F)c2[nH]ccc2c1. The maximum absolute atomic E-state index is 14.1. The number of fused-ring (bicyclic) bond motifs is 1. The Balaban J connectivity index is 2.47. The number of hydrogen-bond acceptors (Lipinski definition) is 4. The summed E-state index contributed by atoms with van der Waals surface area (Å²) in [6, 6.07) is 7.99. The molecule has 0 amide bonds. The Morgan fingerprint density at radius 3 is 2.59 bits per heavy atom. The van der Waals surface area contributed by atoms with Crippen molar-refractivity contribution < 1.29 is 4.39 Å². The number of aromatic nitrogens is 2. The summed E-state index contributed by atoms with van der Waals surface area (Å²) < 4.78 is 14.1. The lowest BCUT2D eigenvalue weighted by atomic mass is 9.95. The van der Waals surface area contributed by atoms with Crippen LogP contribution in [0.1, 0.15) is 11.1 Å². The third-order valence-corrected chi connectivity index (χ3v) is 3.37. The summed E-state index contributed by atoms with van der Waals surface area (Å²) in [6.07, 6.45) is 1.57. The Bertz CT molecular complexity index is 1050. The molecular weight excluding hydrogens is 285 g/mol. The number of hydrogen-bond donors (Lipinski definition) is 3. The second-order valence-corrected chi connectivity index (χ2v) is 4.62. The summed E-state index contributed by atoms with van der Waals surface area (Å²) in [7, 11) is 0. The van der Waals surface area contributed by atoms with Gasteiger partial charge in [0.1, 0.15) is 34.9 Å². The number of nitrogens with zero attached hydrogens (tertiary/aromatic N) is 2. The van der Waals surface area contributed by atoms with Gasteiger partial charge in [-0.05, 0) is 23.8 Å². The number of benzene rings is 1. The number of nitrogen functional groups attached to an aromatic ring is 1. The zero-order valence-electron chi connectivity index (χ0n) is 11.1. The molecule has 3 rings (SSSR count). The standard InChI is InChI=1S/C15H8FN5O/c16-11-4-8(3-7-1-2-20-13(7)11)12-9(5-17)14(19)21-15(22)10(12)6-18/h1-4,20H,(H3,19,21,22). The Hall–Kier alpha value is -3.58. The first-order valence-electron chi connectivity index (χ1n) is 6.19. The second-order valence-electron chi connectivity index (χ2n) is 4.62. The smallest absolute Gasteiger partial charge is 0.268 e. The van der Waals surface area contributed by atoms with Crippen LogP contribution in [0, 0.1) is 28.5 Å². The van der Waals surface area contributed by atoms with Crippen LogP contribution in [0.5, 0.6) is 0 Å². The molecule has 0 aliphatic carbocycles. The monoisotopic (exact) mass is 293 g/mol. The second kappa shape index (κ2) is 4.76. The zero-order valence-corrected chi connectivity index (χ0v) is 11.1. The van der Waals surface area contributed by atoms with Gasteiger partial charge in [-0.3, -0.25) is 4.79 Å². The van der Waals surface area contributed by atoms with E-state index >= 15 is 0 Å². The summed E-state index contributed by atoms with van der Waals surface area (Å²) in [5.74, 6) is -0.708. The molecule has 0 saturated carbocycles. The third-order valence-electron chi connectivity index (χ3n) is 3.37. The Kier molecular flexibility index (Phi) is 2.90. The maximum Gasteiger partial charge on any atom is 0.268 e. The molecule has 4 N–H and O–H groups in total. The molecule has 1 aromatic carbocycles. The molecule has 0 atom stereocenters. The summed E-state index contributed by atoms with van der Waals surface area (Å²) in [4.78, 5) is 16.9.